The number of hydrogen-bond acceptors (Lipinski definition) is 4. The molecule has 2 N–H and O–H groups in total. The lowest BCUT2D eigenvalue weighted by molar-refractivity contribution is -0.192. The number of benzene rings is 1. The molecule has 10 heteroatoms. The van der Waals surface area contributed by atoms with Crippen LogP contribution < -0.4 is 10.2 Å². The van der Waals surface area contributed by atoms with Crippen LogP contribution >= 0.6 is 0 Å². The number of hydrogen-bond donors (Lipinski definition) is 2. The molecule has 1 heterocycles. The molecule has 0 bridgehead atoms. The van der Waals surface area contributed by atoms with Crippen molar-refractivity contribution in [2.75, 3.05) is 38.6 Å². The molecule has 1 spiro atoms. The number of carbonyl (C=O) groups is 3. The number of carbonyl (C=O) groups excluding carboxylic acids is 2. The first-order valence-electron chi connectivity index (χ1n) is 9.96. The molecular formula is C21H28F3N3O4. The summed E-state index contributed by atoms with van der Waals surface area (Å²) in [5, 5.41) is 10.1. The van der Waals surface area contributed by atoms with Gasteiger partial charge in [-0.15, -0.1) is 0 Å². The third kappa shape index (κ3) is 5.36. The van der Waals surface area contributed by atoms with Gasteiger partial charge in [-0.1, -0.05) is 32.0 Å². The highest BCUT2D eigenvalue weighted by Crippen LogP contribution is 2.61. The Balaban J connectivity index is 0.000000423. The maximum Gasteiger partial charge on any atom is 0.490 e. The molecule has 0 saturated heterocycles. The van der Waals surface area contributed by atoms with Crippen LogP contribution in [0.25, 0.3) is 0 Å². The van der Waals surface area contributed by atoms with Crippen LogP contribution in [0, 0.1) is 11.8 Å². The van der Waals surface area contributed by atoms with Crippen LogP contribution in [0.3, 0.4) is 0 Å². The Hall–Kier alpha value is -2.62. The smallest absolute Gasteiger partial charge is 0.475 e. The Kier molecular flexibility index (Phi) is 7.36. The molecule has 0 aromatic heterocycles. The Morgan fingerprint density at radius 3 is 2.39 bits per heavy atom. The maximum absolute atomic E-state index is 13.1. The highest BCUT2D eigenvalue weighted by molar-refractivity contribution is 6.14. The van der Waals surface area contributed by atoms with Crippen molar-refractivity contribution >= 4 is 23.5 Å². The van der Waals surface area contributed by atoms with Gasteiger partial charge in [0.25, 0.3) is 0 Å². The number of nitrogens with zero attached hydrogens (tertiary/aromatic N) is 2. The minimum atomic E-state index is -5.08. The number of halogens is 3. The molecule has 31 heavy (non-hydrogen) atoms. The average Bonchev–Trinajstić information content (AvgIpc) is 3.37. The molecule has 1 aromatic rings. The van der Waals surface area contributed by atoms with E-state index in [9.17, 15) is 22.8 Å². The zero-order valence-corrected chi connectivity index (χ0v) is 18.0. The Morgan fingerprint density at radius 2 is 1.87 bits per heavy atom. The van der Waals surface area contributed by atoms with Crippen LogP contribution in [0.15, 0.2) is 24.3 Å². The predicted molar refractivity (Wildman–Crippen MR) is 109 cm³/mol. The number of alkyl halides is 3. The van der Waals surface area contributed by atoms with Crippen molar-refractivity contribution in [1.82, 2.24) is 10.2 Å². The molecule has 1 saturated carbocycles. The number of amides is 2. The Morgan fingerprint density at radius 1 is 1.29 bits per heavy atom. The quantitative estimate of drug-likeness (QED) is 0.704. The second-order valence-electron chi connectivity index (χ2n) is 8.45. The van der Waals surface area contributed by atoms with Crippen molar-refractivity contribution in [3.8, 4) is 0 Å². The third-order valence-electron chi connectivity index (χ3n) is 5.23. The number of anilines is 1. The summed E-state index contributed by atoms with van der Waals surface area (Å²) in [6.45, 7) is 6.34. The van der Waals surface area contributed by atoms with Crippen LogP contribution in [0.4, 0.5) is 18.9 Å². The predicted octanol–water partition coefficient (Wildman–Crippen LogP) is 2.26. The SMILES string of the molecule is CC(C)CN1C(=O)C2(CC2C(=O)NCCN(C)C)c2ccccc21.O=C(O)C(F)(F)F. The first-order valence-corrected chi connectivity index (χ1v) is 9.96. The van der Waals surface area contributed by atoms with E-state index in [-0.39, 0.29) is 17.7 Å². The molecule has 3 rings (SSSR count). The van der Waals surface area contributed by atoms with Crippen LogP contribution in [-0.4, -0.2) is 67.7 Å². The number of carboxylic acid groups (broad SMARTS) is 1. The lowest BCUT2D eigenvalue weighted by atomic mass is 9.94. The van der Waals surface area contributed by atoms with Crippen LogP contribution in [-0.2, 0) is 19.8 Å². The normalized spacial score (nSPS) is 21.8. The van der Waals surface area contributed by atoms with Gasteiger partial charge in [0.2, 0.25) is 11.8 Å². The molecule has 1 fully saturated rings. The fourth-order valence-corrected chi connectivity index (χ4v) is 3.74. The summed E-state index contributed by atoms with van der Waals surface area (Å²) in [5.41, 5.74) is 1.40. The summed E-state index contributed by atoms with van der Waals surface area (Å²) >= 11 is 0. The minimum Gasteiger partial charge on any atom is -0.475 e. The van der Waals surface area contributed by atoms with Gasteiger partial charge in [-0.25, -0.2) is 4.79 Å². The molecule has 1 aliphatic carbocycles. The molecule has 2 aliphatic rings. The van der Waals surface area contributed by atoms with Gasteiger partial charge in [-0.05, 0) is 38.1 Å². The molecule has 2 atom stereocenters. The van der Waals surface area contributed by atoms with Crippen molar-refractivity contribution in [1.29, 1.82) is 0 Å². The number of nitrogens with one attached hydrogen (secondary N) is 1. The number of aliphatic carboxylic acids is 1. The van der Waals surface area contributed by atoms with E-state index >= 15 is 0 Å². The fraction of sp³-hybridized carbons (Fsp3) is 0.571. The lowest BCUT2D eigenvalue weighted by Gasteiger charge is -2.20. The van der Waals surface area contributed by atoms with Crippen molar-refractivity contribution < 1.29 is 32.7 Å². The van der Waals surface area contributed by atoms with Crippen molar-refractivity contribution in [3.63, 3.8) is 0 Å². The van der Waals surface area contributed by atoms with E-state index in [1.165, 1.54) is 0 Å². The van der Waals surface area contributed by atoms with Crippen LogP contribution in [0.2, 0.25) is 0 Å². The Bertz CT molecular complexity index is 841. The maximum atomic E-state index is 13.1. The largest absolute Gasteiger partial charge is 0.490 e. The second-order valence-corrected chi connectivity index (χ2v) is 8.45. The molecule has 2 unspecified atom stereocenters. The van der Waals surface area contributed by atoms with E-state index in [0.717, 1.165) is 17.8 Å². The van der Waals surface area contributed by atoms with Crippen LogP contribution in [0.1, 0.15) is 25.8 Å². The number of fused-ring (bicyclic) bond motifs is 2. The van der Waals surface area contributed by atoms with Crippen LogP contribution in [0.5, 0.6) is 0 Å². The molecular weight excluding hydrogens is 415 g/mol. The highest BCUT2D eigenvalue weighted by atomic mass is 19.4. The topological polar surface area (TPSA) is 90.0 Å². The van der Waals surface area contributed by atoms with Gasteiger partial charge >= 0.3 is 12.1 Å². The molecule has 7 nitrogen and oxygen atoms in total. The minimum absolute atomic E-state index is 0.00593. The van der Waals surface area contributed by atoms with E-state index in [2.05, 4.69) is 19.2 Å². The van der Waals surface area contributed by atoms with E-state index < -0.39 is 17.6 Å². The fourth-order valence-electron chi connectivity index (χ4n) is 3.74. The van der Waals surface area contributed by atoms with Gasteiger partial charge in [-0.3, -0.25) is 9.59 Å². The standard InChI is InChI=1S/C19H27N3O2.C2HF3O2/c1-13(2)12-22-16-8-6-5-7-14(16)19(18(22)24)11-15(19)17(23)20-9-10-21(3)4;3-2(4,5)1(6)7/h5-8,13,15H,9-12H2,1-4H3,(H,20,23);(H,6,7). The summed E-state index contributed by atoms with van der Waals surface area (Å²) < 4.78 is 31.7. The van der Waals surface area contributed by atoms with Gasteiger partial charge < -0.3 is 20.2 Å². The van der Waals surface area contributed by atoms with Gasteiger partial charge in [0, 0.05) is 25.3 Å². The number of para-hydroxylation sites is 1. The first kappa shape index (κ1) is 24.6. The number of carboxylic acids is 1. The third-order valence-corrected chi connectivity index (χ3v) is 5.23. The molecule has 172 valence electrons. The van der Waals surface area contributed by atoms with Crippen molar-refractivity contribution in [2.24, 2.45) is 11.8 Å². The molecule has 2 amide bonds. The average molecular weight is 443 g/mol. The first-order chi connectivity index (χ1) is 14.3. The van der Waals surface area contributed by atoms with Crippen molar-refractivity contribution in [3.05, 3.63) is 29.8 Å². The molecule has 1 aliphatic heterocycles. The zero-order valence-electron chi connectivity index (χ0n) is 18.0. The van der Waals surface area contributed by atoms with Crippen molar-refractivity contribution in [2.45, 2.75) is 31.9 Å². The Labute approximate surface area is 179 Å². The number of likely N-dealkylation sites (N-methyl/N-ethyl adjacent to an activating group) is 1. The summed E-state index contributed by atoms with van der Waals surface area (Å²) in [4.78, 5) is 38.5. The van der Waals surface area contributed by atoms with E-state index in [1.807, 2.05) is 48.2 Å². The second kappa shape index (κ2) is 9.25. The summed E-state index contributed by atoms with van der Waals surface area (Å²) in [5.74, 6) is -2.49. The monoisotopic (exact) mass is 443 g/mol. The summed E-state index contributed by atoms with van der Waals surface area (Å²) in [6, 6.07) is 7.95. The van der Waals surface area contributed by atoms with Gasteiger partial charge in [-0.2, -0.15) is 13.2 Å². The summed E-state index contributed by atoms with van der Waals surface area (Å²) in [7, 11) is 3.95. The lowest BCUT2D eigenvalue weighted by Crippen LogP contribution is -2.39. The highest BCUT2D eigenvalue weighted by Gasteiger charge is 2.69. The summed E-state index contributed by atoms with van der Waals surface area (Å²) in [6.07, 6.45) is -4.45. The molecule has 0 radical (unpaired) electrons. The molecule has 1 aromatic carbocycles. The van der Waals surface area contributed by atoms with E-state index in [4.69, 9.17) is 9.90 Å². The van der Waals surface area contributed by atoms with E-state index in [1.54, 1.807) is 0 Å². The van der Waals surface area contributed by atoms with Gasteiger partial charge in [0.05, 0.1) is 11.3 Å². The zero-order chi connectivity index (χ0) is 23.6. The van der Waals surface area contributed by atoms with Gasteiger partial charge in [0.1, 0.15) is 0 Å². The number of rotatable bonds is 6. The van der Waals surface area contributed by atoms with E-state index in [0.29, 0.717) is 25.4 Å². The van der Waals surface area contributed by atoms with Gasteiger partial charge in [0.15, 0.2) is 0 Å².